The Morgan fingerprint density at radius 3 is 1.76 bits per heavy atom. The first-order valence-corrected chi connectivity index (χ1v) is 27.3. The Balaban J connectivity index is 0.00000281. The zero-order valence-corrected chi connectivity index (χ0v) is 38.2. The van der Waals surface area contributed by atoms with E-state index >= 15 is 0 Å². The molecule has 1 atom stereocenters. The molecular weight excluding hydrogens is 759 g/mol. The maximum absolute atomic E-state index is 2.72. The van der Waals surface area contributed by atoms with Gasteiger partial charge < -0.3 is 24.8 Å². The van der Waals surface area contributed by atoms with Gasteiger partial charge in [-0.25, -0.2) is 0 Å². The average Bonchev–Trinajstić information content (AvgIpc) is 3.64. The van der Waals surface area contributed by atoms with Gasteiger partial charge in [-0.15, -0.1) is 0 Å². The van der Waals surface area contributed by atoms with Gasteiger partial charge in [-0.3, -0.25) is 0 Å². The van der Waals surface area contributed by atoms with E-state index in [2.05, 4.69) is 184 Å². The predicted octanol–water partition coefficient (Wildman–Crippen LogP) is 4.04. The molecule has 5 heteroatoms. The average molecular weight is 814 g/mol. The van der Waals surface area contributed by atoms with Crippen LogP contribution >= 0.6 is 0 Å². The molecule has 0 aromatic heterocycles. The molecule has 0 N–H and O–H groups in total. The first-order valence-electron chi connectivity index (χ1n) is 17.9. The molecule has 0 aliphatic heterocycles. The van der Waals surface area contributed by atoms with Crippen molar-refractivity contribution in [2.24, 2.45) is 5.41 Å². The van der Waals surface area contributed by atoms with Crippen molar-refractivity contribution in [2.75, 3.05) is 0 Å². The minimum Gasteiger partial charge on any atom is -1.00 e. The molecule has 0 spiro atoms. The van der Waals surface area contributed by atoms with Gasteiger partial charge in [0.05, 0.1) is 0 Å². The van der Waals surface area contributed by atoms with Gasteiger partial charge in [0.2, 0.25) is 0 Å². The Morgan fingerprint density at radius 2 is 1.32 bits per heavy atom. The van der Waals surface area contributed by atoms with E-state index in [1.54, 1.807) is 38.8 Å². The second-order valence-electron chi connectivity index (χ2n) is 18.2. The van der Waals surface area contributed by atoms with Crippen molar-refractivity contribution in [3.8, 4) is 0 Å². The molecular formula is C45H55Cl2Si2Zr. The predicted molar refractivity (Wildman–Crippen MR) is 214 cm³/mol. The number of benzene rings is 3. The van der Waals surface area contributed by atoms with E-state index in [1.165, 1.54) is 22.3 Å². The Bertz CT molecular complexity index is 2000. The molecule has 0 amide bonds. The number of hydrogen-bond acceptors (Lipinski definition) is 0. The Morgan fingerprint density at radius 1 is 0.760 bits per heavy atom. The molecule has 0 saturated heterocycles. The van der Waals surface area contributed by atoms with Crippen LogP contribution in [0.2, 0.25) is 44.3 Å². The van der Waals surface area contributed by atoms with Crippen molar-refractivity contribution in [3.63, 3.8) is 0 Å². The van der Waals surface area contributed by atoms with Gasteiger partial charge in [0.15, 0.2) is 0 Å². The van der Waals surface area contributed by atoms with Crippen LogP contribution in [0.3, 0.4) is 0 Å². The third kappa shape index (κ3) is 7.09. The van der Waals surface area contributed by atoms with Crippen LogP contribution in [-0.2, 0) is 28.2 Å². The molecule has 3 aliphatic rings. The van der Waals surface area contributed by atoms with Crippen LogP contribution in [0, 0.1) is 5.41 Å². The number of halogens is 2. The SMILES string of the molecule is CC(C)(C)c1cc([Si](C)(C)C)c2c(c1)=[C]([Zr+2]=[C](c1ccccc1)c1ccccc1)C1=C(C3=CC=CC3)C(C(C)(C)C)([Si](C)(C)C)C=CC=21.[Cl-].[Cl-]. The Kier molecular flexibility index (Phi) is 11.9. The fourth-order valence-electron chi connectivity index (χ4n) is 8.66. The van der Waals surface area contributed by atoms with Gasteiger partial charge in [0.1, 0.15) is 0 Å². The van der Waals surface area contributed by atoms with E-state index in [1.807, 2.05) is 0 Å². The molecule has 261 valence electrons. The molecule has 0 bridgehead atoms. The molecule has 0 saturated carbocycles. The van der Waals surface area contributed by atoms with Crippen LogP contribution in [0.1, 0.15) is 64.7 Å². The monoisotopic (exact) mass is 811 g/mol. The van der Waals surface area contributed by atoms with E-state index in [-0.39, 0.29) is 40.7 Å². The maximum Gasteiger partial charge on any atom is -1.00 e. The topological polar surface area (TPSA) is 0 Å². The van der Waals surface area contributed by atoms with Gasteiger partial charge >= 0.3 is 306 Å². The van der Waals surface area contributed by atoms with Crippen LogP contribution in [-0.4, -0.2) is 19.4 Å². The van der Waals surface area contributed by atoms with Crippen LogP contribution in [0.5, 0.6) is 0 Å². The Hall–Kier alpha value is -1.87. The van der Waals surface area contributed by atoms with Crippen LogP contribution in [0.15, 0.2) is 120 Å². The standard InChI is InChI=1S/C32H45Si2.C13H10.2ClH.Zr/c1-30(2,3)24-19-23-20-26-25(28(23)27(21-24)33(7,8)9)17-18-32(31(4,5)6,34(10,11)12)29(26)22-15-13-14-16-22;1-3-7-12(8-4-1)11-13-9-5-2-6-10-13;;;/h13-15,17-19,21H,16H2,1-12H3;1-10H;2*1H;/q;;;;+2/p-2. The zero-order valence-electron chi connectivity index (χ0n) is 32.3. The normalized spacial score (nSPS) is 18.6. The summed E-state index contributed by atoms with van der Waals surface area (Å²) >= 11 is -1.40. The first kappa shape index (κ1) is 40.9. The van der Waals surface area contributed by atoms with Crippen molar-refractivity contribution in [2.45, 2.75) is 97.7 Å². The number of fused-ring (bicyclic) bond motifs is 2. The molecule has 0 radical (unpaired) electrons. The third-order valence-electron chi connectivity index (χ3n) is 10.8. The Labute approximate surface area is 328 Å². The van der Waals surface area contributed by atoms with Crippen LogP contribution in [0.25, 0.3) is 8.85 Å². The van der Waals surface area contributed by atoms with E-state index in [0.717, 1.165) is 6.42 Å². The van der Waals surface area contributed by atoms with Crippen LogP contribution in [0.4, 0.5) is 0 Å². The second kappa shape index (κ2) is 14.5. The largest absolute Gasteiger partial charge is 1.00 e. The number of allylic oxidation sites excluding steroid dienone is 8. The summed E-state index contributed by atoms with van der Waals surface area (Å²) in [5, 5.41) is 4.74. The van der Waals surface area contributed by atoms with E-state index in [9.17, 15) is 0 Å². The summed E-state index contributed by atoms with van der Waals surface area (Å²) in [5.74, 6) is 0. The molecule has 3 aromatic carbocycles. The molecule has 50 heavy (non-hydrogen) atoms. The summed E-state index contributed by atoms with van der Waals surface area (Å²) in [7, 11) is -3.58. The summed E-state index contributed by atoms with van der Waals surface area (Å²) in [5.41, 5.74) is 10.7. The van der Waals surface area contributed by atoms with Gasteiger partial charge in [0.25, 0.3) is 0 Å². The van der Waals surface area contributed by atoms with Crippen molar-refractivity contribution >= 4 is 33.4 Å². The van der Waals surface area contributed by atoms with Crippen molar-refractivity contribution in [1.82, 2.24) is 0 Å². The van der Waals surface area contributed by atoms with Gasteiger partial charge in [-0.1, -0.05) is 0 Å². The number of hydrogen-bond donors (Lipinski definition) is 0. The smallest absolute Gasteiger partial charge is 1.00 e. The fraction of sp³-hybridized carbons (Fsp3) is 0.356. The second-order valence-corrected chi connectivity index (χ2v) is 31.6. The molecule has 0 fully saturated rings. The van der Waals surface area contributed by atoms with E-state index < -0.39 is 38.9 Å². The summed E-state index contributed by atoms with van der Waals surface area (Å²) < 4.78 is 3.27. The minimum absolute atomic E-state index is 0. The van der Waals surface area contributed by atoms with Gasteiger partial charge in [-0.05, 0) is 0 Å². The molecule has 6 rings (SSSR count). The molecule has 3 aliphatic carbocycles. The van der Waals surface area contributed by atoms with Crippen molar-refractivity contribution < 1.29 is 47.6 Å². The summed E-state index contributed by atoms with van der Waals surface area (Å²) in [6.45, 7) is 30.3. The van der Waals surface area contributed by atoms with Crippen LogP contribution < -0.4 is 40.4 Å². The minimum atomic E-state index is -1.84. The molecule has 3 aromatic rings. The molecule has 0 nitrogen and oxygen atoms in total. The van der Waals surface area contributed by atoms with Crippen molar-refractivity contribution in [3.05, 3.63) is 147 Å². The third-order valence-corrected chi connectivity index (χ3v) is 20.3. The summed E-state index contributed by atoms with van der Waals surface area (Å²) in [6, 6.07) is 27.9. The number of rotatable bonds is 6. The fourth-order valence-corrected chi connectivity index (χ4v) is 18.0. The zero-order chi connectivity index (χ0) is 34.9. The first-order chi connectivity index (χ1) is 22.4. The van der Waals surface area contributed by atoms with E-state index in [0.29, 0.717) is 0 Å². The molecule has 1 unspecified atom stereocenters. The summed E-state index contributed by atoms with van der Waals surface area (Å²) in [6.07, 6.45) is 13.5. The van der Waals surface area contributed by atoms with E-state index in [4.69, 9.17) is 0 Å². The van der Waals surface area contributed by atoms with Crippen molar-refractivity contribution in [1.29, 1.82) is 0 Å². The summed E-state index contributed by atoms with van der Waals surface area (Å²) in [4.78, 5) is 0. The quantitative estimate of drug-likeness (QED) is 0.330. The molecule has 0 heterocycles. The van der Waals surface area contributed by atoms with Gasteiger partial charge in [0, 0.05) is 0 Å². The van der Waals surface area contributed by atoms with Gasteiger partial charge in [-0.2, -0.15) is 0 Å². The maximum atomic E-state index is 2.72.